The highest BCUT2D eigenvalue weighted by Crippen LogP contribution is 2.23. The van der Waals surface area contributed by atoms with Gasteiger partial charge < -0.3 is 4.57 Å². The maximum Gasteiger partial charge on any atom is 0.271 e. The van der Waals surface area contributed by atoms with Crippen molar-refractivity contribution in [1.29, 1.82) is 0 Å². The summed E-state index contributed by atoms with van der Waals surface area (Å²) in [5.74, 6) is 0.698. The molecule has 0 saturated heterocycles. The number of thiazole rings is 1. The normalized spacial score (nSPS) is 11.9. The monoisotopic (exact) mass is 415 g/mol. The summed E-state index contributed by atoms with van der Waals surface area (Å²) in [5.41, 5.74) is 2.01. The summed E-state index contributed by atoms with van der Waals surface area (Å²) in [6.07, 6.45) is 1.14. The lowest BCUT2D eigenvalue weighted by atomic mass is 10.2. The topological polar surface area (TPSA) is 77.5 Å². The Hall–Kier alpha value is -2.45. The van der Waals surface area contributed by atoms with Crippen LogP contribution in [0.15, 0.2) is 52.4 Å². The Labute approximate surface area is 171 Å². The predicted molar refractivity (Wildman–Crippen MR) is 114 cm³/mol. The van der Waals surface area contributed by atoms with E-state index in [2.05, 4.69) is 36.2 Å². The average molecular weight is 416 g/mol. The highest BCUT2D eigenvalue weighted by Gasteiger charge is 2.12. The lowest BCUT2D eigenvalue weighted by Crippen LogP contribution is -2.15. The summed E-state index contributed by atoms with van der Waals surface area (Å²) >= 11 is 3.12. The van der Waals surface area contributed by atoms with Gasteiger partial charge in [0.1, 0.15) is 0 Å². The summed E-state index contributed by atoms with van der Waals surface area (Å²) < 4.78 is 2.74. The van der Waals surface area contributed by atoms with Crippen LogP contribution in [-0.2, 0) is 11.3 Å². The molecule has 1 amide bonds. The Bertz CT molecular complexity index is 1070. The fourth-order valence-electron chi connectivity index (χ4n) is 2.77. The van der Waals surface area contributed by atoms with E-state index in [1.807, 2.05) is 11.5 Å². The number of non-ortho nitro benzene ring substituents is 1. The van der Waals surface area contributed by atoms with Crippen molar-refractivity contribution in [3.05, 3.63) is 62.9 Å². The standard InChI is InChI=1S/C20H21N3O3S2/c1-3-22-17-13-15(23(25)26)8-11-18(17)28-20(22)21-19(24)5-4-12-27-16-9-6-14(2)7-10-16/h6-11,13H,3-5,12H2,1-2H3. The second kappa shape index (κ2) is 9.16. The van der Waals surface area contributed by atoms with E-state index in [1.54, 1.807) is 17.8 Å². The first kappa shape index (κ1) is 20.3. The summed E-state index contributed by atoms with van der Waals surface area (Å²) in [4.78, 5) is 29.0. The number of benzene rings is 2. The summed E-state index contributed by atoms with van der Waals surface area (Å²) in [5, 5.41) is 11.0. The van der Waals surface area contributed by atoms with Crippen molar-refractivity contribution in [1.82, 2.24) is 4.57 Å². The van der Waals surface area contributed by atoms with Gasteiger partial charge in [-0.15, -0.1) is 11.8 Å². The number of amides is 1. The van der Waals surface area contributed by atoms with Crippen LogP contribution < -0.4 is 4.80 Å². The summed E-state index contributed by atoms with van der Waals surface area (Å²) in [6.45, 7) is 4.59. The minimum absolute atomic E-state index is 0.0403. The van der Waals surface area contributed by atoms with E-state index in [-0.39, 0.29) is 11.6 Å². The highest BCUT2D eigenvalue weighted by molar-refractivity contribution is 7.99. The number of nitro benzene ring substituents is 1. The third-order valence-corrected chi connectivity index (χ3v) is 6.40. The quantitative estimate of drug-likeness (QED) is 0.237. The minimum Gasteiger partial charge on any atom is -0.316 e. The van der Waals surface area contributed by atoms with Crippen molar-refractivity contribution in [3.63, 3.8) is 0 Å². The number of rotatable bonds is 7. The second-order valence-corrected chi connectivity index (χ2v) is 8.49. The molecule has 3 rings (SSSR count). The van der Waals surface area contributed by atoms with Crippen LogP contribution in [0.3, 0.4) is 0 Å². The number of nitro groups is 1. The van der Waals surface area contributed by atoms with Gasteiger partial charge in [-0.2, -0.15) is 4.99 Å². The van der Waals surface area contributed by atoms with Crippen molar-refractivity contribution < 1.29 is 9.72 Å². The van der Waals surface area contributed by atoms with Crippen LogP contribution in [0, 0.1) is 17.0 Å². The lowest BCUT2D eigenvalue weighted by molar-refractivity contribution is -0.384. The lowest BCUT2D eigenvalue weighted by Gasteiger charge is -2.01. The first-order valence-electron chi connectivity index (χ1n) is 9.02. The molecule has 3 aromatic rings. The SMILES string of the molecule is CCn1c(=NC(=O)CCCSc2ccc(C)cc2)sc2ccc([N+](=O)[O-])cc21. The molecule has 0 fully saturated rings. The van der Waals surface area contributed by atoms with Crippen LogP contribution in [0.2, 0.25) is 0 Å². The number of fused-ring (bicyclic) bond motifs is 1. The largest absolute Gasteiger partial charge is 0.316 e. The maximum atomic E-state index is 12.3. The molecule has 0 spiro atoms. The van der Waals surface area contributed by atoms with Gasteiger partial charge in [0, 0.05) is 30.0 Å². The zero-order chi connectivity index (χ0) is 20.1. The Morgan fingerprint density at radius 1 is 1.25 bits per heavy atom. The number of carbonyl (C=O) groups is 1. The van der Waals surface area contributed by atoms with Gasteiger partial charge in [0.15, 0.2) is 4.80 Å². The number of thioether (sulfide) groups is 1. The highest BCUT2D eigenvalue weighted by atomic mass is 32.2. The zero-order valence-corrected chi connectivity index (χ0v) is 17.4. The summed E-state index contributed by atoms with van der Waals surface area (Å²) in [6, 6.07) is 13.1. The Balaban J connectivity index is 1.68. The molecular weight excluding hydrogens is 394 g/mol. The fourth-order valence-corrected chi connectivity index (χ4v) is 4.72. The Morgan fingerprint density at radius 2 is 2.00 bits per heavy atom. The van der Waals surface area contributed by atoms with Gasteiger partial charge in [-0.3, -0.25) is 14.9 Å². The molecule has 0 bridgehead atoms. The molecule has 0 atom stereocenters. The van der Waals surface area contributed by atoms with E-state index in [4.69, 9.17) is 0 Å². The fraction of sp³-hybridized carbons (Fsp3) is 0.300. The molecule has 1 aromatic heterocycles. The van der Waals surface area contributed by atoms with Crippen molar-refractivity contribution >= 4 is 44.9 Å². The van der Waals surface area contributed by atoms with Gasteiger partial charge in [-0.05, 0) is 44.2 Å². The van der Waals surface area contributed by atoms with Gasteiger partial charge in [-0.25, -0.2) is 0 Å². The Morgan fingerprint density at radius 3 is 2.68 bits per heavy atom. The molecule has 2 aromatic carbocycles. The van der Waals surface area contributed by atoms with Crippen LogP contribution in [0.25, 0.3) is 10.2 Å². The molecule has 0 saturated carbocycles. The molecule has 28 heavy (non-hydrogen) atoms. The molecule has 1 heterocycles. The smallest absolute Gasteiger partial charge is 0.271 e. The number of hydrogen-bond acceptors (Lipinski definition) is 5. The van der Waals surface area contributed by atoms with Crippen molar-refractivity contribution in [2.75, 3.05) is 5.75 Å². The molecular formula is C20H21N3O3S2. The van der Waals surface area contributed by atoms with E-state index in [0.29, 0.717) is 17.8 Å². The average Bonchev–Trinajstić information content (AvgIpc) is 3.02. The van der Waals surface area contributed by atoms with Gasteiger partial charge in [0.25, 0.3) is 5.69 Å². The molecule has 0 radical (unpaired) electrons. The van der Waals surface area contributed by atoms with Gasteiger partial charge in [-0.1, -0.05) is 29.0 Å². The van der Waals surface area contributed by atoms with Gasteiger partial charge in [0.2, 0.25) is 5.91 Å². The number of aryl methyl sites for hydroxylation is 2. The van der Waals surface area contributed by atoms with Gasteiger partial charge >= 0.3 is 0 Å². The molecule has 0 N–H and O–H groups in total. The Kier molecular flexibility index (Phi) is 6.64. The number of aromatic nitrogens is 1. The van der Waals surface area contributed by atoms with Crippen LogP contribution in [0.1, 0.15) is 25.3 Å². The third-order valence-electron chi connectivity index (χ3n) is 4.24. The maximum absolute atomic E-state index is 12.3. The van der Waals surface area contributed by atoms with E-state index < -0.39 is 4.92 Å². The van der Waals surface area contributed by atoms with E-state index in [1.165, 1.54) is 33.9 Å². The van der Waals surface area contributed by atoms with Gasteiger partial charge in [0.05, 0.1) is 15.1 Å². The van der Waals surface area contributed by atoms with E-state index in [0.717, 1.165) is 22.4 Å². The number of nitrogens with zero attached hydrogens (tertiary/aromatic N) is 3. The molecule has 6 nitrogen and oxygen atoms in total. The number of hydrogen-bond donors (Lipinski definition) is 0. The third kappa shape index (κ3) is 4.88. The van der Waals surface area contributed by atoms with Crippen LogP contribution in [-0.4, -0.2) is 21.2 Å². The van der Waals surface area contributed by atoms with Crippen molar-refractivity contribution in [2.45, 2.75) is 38.1 Å². The molecule has 0 unspecified atom stereocenters. The van der Waals surface area contributed by atoms with E-state index in [9.17, 15) is 14.9 Å². The minimum atomic E-state index is -0.412. The van der Waals surface area contributed by atoms with Crippen molar-refractivity contribution in [3.8, 4) is 0 Å². The zero-order valence-electron chi connectivity index (χ0n) is 15.8. The van der Waals surface area contributed by atoms with E-state index >= 15 is 0 Å². The molecule has 0 aliphatic rings. The molecule has 0 aliphatic carbocycles. The van der Waals surface area contributed by atoms with Crippen LogP contribution in [0.4, 0.5) is 5.69 Å². The van der Waals surface area contributed by atoms with Crippen LogP contribution in [0.5, 0.6) is 0 Å². The first-order valence-corrected chi connectivity index (χ1v) is 10.8. The van der Waals surface area contributed by atoms with Crippen molar-refractivity contribution in [2.24, 2.45) is 4.99 Å². The molecule has 0 aliphatic heterocycles. The second-order valence-electron chi connectivity index (χ2n) is 6.31. The van der Waals surface area contributed by atoms with Crippen LogP contribution >= 0.6 is 23.1 Å². The summed E-state index contributed by atoms with van der Waals surface area (Å²) in [7, 11) is 0. The molecule has 146 valence electrons. The first-order chi connectivity index (χ1) is 13.5. The molecule has 8 heteroatoms. The number of carbonyl (C=O) groups excluding carboxylic acids is 1. The predicted octanol–water partition coefficient (Wildman–Crippen LogP) is 4.94.